The smallest absolute Gasteiger partial charge is 0.465 e. The van der Waals surface area contributed by atoms with E-state index in [1.54, 1.807) is 32.9 Å². The number of nitrogens with zero attached hydrogens (tertiary/aromatic N) is 3. The number of carbonyl (C=O) groups excluding carboxylic acids is 1. The highest BCUT2D eigenvalue weighted by Gasteiger charge is 2.41. The lowest BCUT2D eigenvalue weighted by Crippen LogP contribution is -2.46. The van der Waals surface area contributed by atoms with Crippen LogP contribution in [0.2, 0.25) is 0 Å². The minimum atomic E-state index is -4.92. The van der Waals surface area contributed by atoms with Crippen molar-refractivity contribution in [1.29, 1.82) is 0 Å². The van der Waals surface area contributed by atoms with Crippen LogP contribution in [0.1, 0.15) is 27.0 Å². The third-order valence-corrected chi connectivity index (χ3v) is 4.51. The highest BCUT2D eigenvalue weighted by Crippen LogP contribution is 2.34. The monoisotopic (exact) mass is 448 g/mol. The van der Waals surface area contributed by atoms with Gasteiger partial charge in [0.1, 0.15) is 18.4 Å². The third-order valence-electron chi connectivity index (χ3n) is 4.51. The Morgan fingerprint density at radius 3 is 2.16 bits per heavy atom. The number of amides is 1. The van der Waals surface area contributed by atoms with Crippen molar-refractivity contribution in [2.24, 2.45) is 5.41 Å². The molecule has 0 fully saturated rings. The van der Waals surface area contributed by atoms with Crippen molar-refractivity contribution in [1.82, 2.24) is 20.1 Å². The quantitative estimate of drug-likeness (QED) is 0.526. The van der Waals surface area contributed by atoms with Crippen molar-refractivity contribution in [3.63, 3.8) is 0 Å². The predicted octanol–water partition coefficient (Wildman–Crippen LogP) is 5.18. The molecule has 0 saturated heterocycles. The van der Waals surface area contributed by atoms with E-state index in [0.29, 0.717) is 5.75 Å². The molecule has 0 radical (unpaired) electrons. The van der Waals surface area contributed by atoms with Crippen LogP contribution in [0.5, 0.6) is 5.75 Å². The summed E-state index contributed by atoms with van der Waals surface area (Å²) in [7, 11) is 0. The summed E-state index contributed by atoms with van der Waals surface area (Å²) in [5.41, 5.74) is 1.18. The van der Waals surface area contributed by atoms with Gasteiger partial charge in [0.15, 0.2) is 6.10 Å². The number of carbonyl (C=O) groups is 1. The number of hydrogen-bond acceptors (Lipinski definition) is 5. The van der Waals surface area contributed by atoms with Crippen molar-refractivity contribution >= 4 is 6.09 Å². The zero-order valence-corrected chi connectivity index (χ0v) is 17.7. The first-order chi connectivity index (χ1) is 15.0. The molecule has 0 bridgehead atoms. The summed E-state index contributed by atoms with van der Waals surface area (Å²) in [6.07, 6.45) is -6.17. The molecule has 0 spiro atoms. The van der Waals surface area contributed by atoms with Gasteiger partial charge < -0.3 is 9.47 Å². The first kappa shape index (κ1) is 23.1. The molecule has 1 N–H and O–H groups in total. The average Bonchev–Trinajstić information content (AvgIpc) is 3.24. The summed E-state index contributed by atoms with van der Waals surface area (Å²) < 4.78 is 50.2. The molecular formula is C22H23F3N4O3. The lowest BCUT2D eigenvalue weighted by molar-refractivity contribution is -0.157. The van der Waals surface area contributed by atoms with E-state index in [1.165, 1.54) is 17.3 Å². The van der Waals surface area contributed by atoms with E-state index in [9.17, 15) is 18.0 Å². The maximum absolute atomic E-state index is 12.6. The highest BCUT2D eigenvalue weighted by molar-refractivity contribution is 5.67. The molecule has 1 aromatic heterocycles. The number of aromatic nitrogens is 3. The fraction of sp³-hybridized carbons (Fsp3) is 0.318. The minimum Gasteiger partial charge on any atom is -0.465 e. The number of benzene rings is 2. The van der Waals surface area contributed by atoms with Crippen molar-refractivity contribution in [3.05, 3.63) is 67.3 Å². The van der Waals surface area contributed by atoms with Crippen molar-refractivity contribution in [2.75, 3.05) is 0 Å². The Kier molecular flexibility index (Phi) is 6.71. The van der Waals surface area contributed by atoms with Crippen LogP contribution in [-0.2, 0) is 4.74 Å². The van der Waals surface area contributed by atoms with Crippen LogP contribution in [0.15, 0.2) is 67.3 Å². The average molecular weight is 448 g/mol. The van der Waals surface area contributed by atoms with Crippen LogP contribution < -0.4 is 10.1 Å². The van der Waals surface area contributed by atoms with Gasteiger partial charge in [0.2, 0.25) is 6.23 Å². The first-order valence-corrected chi connectivity index (χ1v) is 9.75. The Bertz CT molecular complexity index is 1000. The van der Waals surface area contributed by atoms with Gasteiger partial charge in [0.05, 0.1) is 0 Å². The number of nitrogens with one attached hydrogen (secondary N) is 1. The molecule has 7 nitrogen and oxygen atoms in total. The van der Waals surface area contributed by atoms with Crippen molar-refractivity contribution < 1.29 is 27.4 Å². The molecule has 0 aliphatic carbocycles. The second kappa shape index (κ2) is 9.29. The molecule has 3 rings (SSSR count). The SMILES string of the molecule is CC(C)(C)C(OC(=O)NC(F)(F)F)C(Oc1ccc(-c2ccccc2)cc1)n1cncn1. The lowest BCUT2D eigenvalue weighted by Gasteiger charge is -2.36. The molecule has 0 aliphatic heterocycles. The maximum atomic E-state index is 12.6. The number of alkyl carbamates (subject to hydrolysis) is 1. The molecular weight excluding hydrogens is 425 g/mol. The van der Waals surface area contributed by atoms with E-state index in [2.05, 4.69) is 10.1 Å². The van der Waals surface area contributed by atoms with Gasteiger partial charge in [0.25, 0.3) is 0 Å². The van der Waals surface area contributed by atoms with E-state index in [4.69, 9.17) is 9.47 Å². The predicted molar refractivity (Wildman–Crippen MR) is 110 cm³/mol. The zero-order valence-electron chi connectivity index (χ0n) is 17.7. The molecule has 32 heavy (non-hydrogen) atoms. The van der Waals surface area contributed by atoms with E-state index in [-0.39, 0.29) is 0 Å². The van der Waals surface area contributed by atoms with Crippen LogP contribution in [0.25, 0.3) is 11.1 Å². The summed E-state index contributed by atoms with van der Waals surface area (Å²) >= 11 is 0. The number of hydrogen-bond donors (Lipinski definition) is 1. The molecule has 170 valence electrons. The van der Waals surface area contributed by atoms with Crippen LogP contribution in [-0.4, -0.2) is 33.3 Å². The lowest BCUT2D eigenvalue weighted by atomic mass is 9.87. The molecule has 10 heteroatoms. The van der Waals surface area contributed by atoms with Crippen LogP contribution in [0.4, 0.5) is 18.0 Å². The van der Waals surface area contributed by atoms with Crippen molar-refractivity contribution in [2.45, 2.75) is 39.4 Å². The van der Waals surface area contributed by atoms with Crippen molar-refractivity contribution in [3.8, 4) is 16.9 Å². The highest BCUT2D eigenvalue weighted by atomic mass is 19.4. The third kappa shape index (κ3) is 6.22. The normalized spacial score (nSPS) is 13.8. The Hall–Kier alpha value is -3.56. The second-order valence-electron chi connectivity index (χ2n) is 8.09. The standard InChI is InChI=1S/C22H23F3N4O3/c1-21(2,3)18(32-20(30)28-22(23,24)25)19(29-14-26-13-27-29)31-17-11-9-16(10-12-17)15-7-5-4-6-8-15/h4-14,18-19H,1-3H3,(H,28,30). The summed E-state index contributed by atoms with van der Waals surface area (Å²) in [6.45, 7) is 5.14. The fourth-order valence-corrected chi connectivity index (χ4v) is 3.02. The number of rotatable bonds is 6. The molecule has 1 amide bonds. The Labute approximate surface area is 183 Å². The topological polar surface area (TPSA) is 78.3 Å². The van der Waals surface area contributed by atoms with Gasteiger partial charge in [0, 0.05) is 5.41 Å². The summed E-state index contributed by atoms with van der Waals surface area (Å²) in [6, 6.07) is 16.9. The fourth-order valence-electron chi connectivity index (χ4n) is 3.02. The Morgan fingerprint density at radius 2 is 1.62 bits per heavy atom. The van der Waals surface area contributed by atoms with Gasteiger partial charge in [-0.15, -0.1) is 0 Å². The van der Waals surface area contributed by atoms with Crippen LogP contribution >= 0.6 is 0 Å². The molecule has 0 saturated carbocycles. The van der Waals surface area contributed by atoms with Gasteiger partial charge >= 0.3 is 12.4 Å². The summed E-state index contributed by atoms with van der Waals surface area (Å²) in [4.78, 5) is 15.8. The van der Waals surface area contributed by atoms with Crippen LogP contribution in [0, 0.1) is 5.41 Å². The molecule has 0 aliphatic rings. The Morgan fingerprint density at radius 1 is 1.00 bits per heavy atom. The Balaban J connectivity index is 1.87. The molecule has 2 atom stereocenters. The van der Waals surface area contributed by atoms with E-state index in [1.807, 2.05) is 42.5 Å². The maximum Gasteiger partial charge on any atom is 0.487 e. The van der Waals surface area contributed by atoms with Gasteiger partial charge in [-0.05, 0) is 23.3 Å². The van der Waals surface area contributed by atoms with E-state index < -0.39 is 30.1 Å². The molecule has 2 unspecified atom stereocenters. The number of ether oxygens (including phenoxy) is 2. The molecule has 3 aromatic rings. The largest absolute Gasteiger partial charge is 0.487 e. The van der Waals surface area contributed by atoms with Gasteiger partial charge in [-0.25, -0.2) is 19.8 Å². The second-order valence-corrected chi connectivity index (χ2v) is 8.09. The van der Waals surface area contributed by atoms with Gasteiger partial charge in [-0.3, -0.25) is 0 Å². The summed E-state index contributed by atoms with van der Waals surface area (Å²) in [5, 5.41) is 4.89. The number of halogens is 3. The summed E-state index contributed by atoms with van der Waals surface area (Å²) in [5.74, 6) is 0.416. The van der Waals surface area contributed by atoms with E-state index in [0.717, 1.165) is 16.4 Å². The first-order valence-electron chi connectivity index (χ1n) is 9.75. The molecule has 2 aromatic carbocycles. The molecule has 1 heterocycles. The van der Waals surface area contributed by atoms with Gasteiger partial charge in [-0.2, -0.15) is 18.3 Å². The zero-order chi connectivity index (χ0) is 23.4. The van der Waals surface area contributed by atoms with Crippen LogP contribution in [0.3, 0.4) is 0 Å². The van der Waals surface area contributed by atoms with E-state index >= 15 is 0 Å². The minimum absolute atomic E-state index is 0.416. The number of alkyl halides is 3. The van der Waals surface area contributed by atoms with Gasteiger partial charge in [-0.1, -0.05) is 63.2 Å².